The Morgan fingerprint density at radius 3 is 0.870 bits per heavy atom. The third-order valence-corrected chi connectivity index (χ3v) is 11.1. The second-order valence-electron chi connectivity index (χ2n) is 16.0. The molecule has 0 saturated carbocycles. The molecule has 0 fully saturated rings. The Balaban J connectivity index is 0.000000153. The molecule has 69 heavy (non-hydrogen) atoms. The van der Waals surface area contributed by atoms with Crippen LogP contribution in [0.25, 0.3) is 18.2 Å². The Morgan fingerprint density at radius 2 is 0.652 bits per heavy atom. The minimum absolute atomic E-state index is 0.0231. The van der Waals surface area contributed by atoms with E-state index in [1.165, 1.54) is 0 Å². The smallest absolute Gasteiger partial charge is 0.291 e. The van der Waals surface area contributed by atoms with Crippen molar-refractivity contribution in [2.24, 2.45) is 0 Å². The van der Waals surface area contributed by atoms with Gasteiger partial charge < -0.3 is 28.4 Å². The minimum atomic E-state index is -0.750. The molecule has 3 aliphatic rings. The van der Waals surface area contributed by atoms with Crippen molar-refractivity contribution in [3.63, 3.8) is 0 Å². The normalized spacial score (nSPS) is 16.1. The van der Waals surface area contributed by atoms with Crippen molar-refractivity contribution in [3.05, 3.63) is 225 Å². The zero-order chi connectivity index (χ0) is 49.2. The van der Waals surface area contributed by atoms with Gasteiger partial charge in [0.05, 0.1) is 34.6 Å². The molecule has 6 aromatic carbocycles. The number of hydrogen-bond acceptors (Lipinski definition) is 12. The number of benzene rings is 6. The van der Waals surface area contributed by atoms with Crippen molar-refractivity contribution in [1.82, 2.24) is 0 Å². The highest BCUT2D eigenvalue weighted by atomic mass is 16.6. The lowest BCUT2D eigenvalue weighted by molar-refractivity contribution is -0.434. The van der Waals surface area contributed by atoms with Crippen LogP contribution < -0.4 is 28.4 Å². The molecule has 1 unspecified atom stereocenters. The Bertz CT molecular complexity index is 2610. The van der Waals surface area contributed by atoms with Crippen LogP contribution in [0.2, 0.25) is 0 Å². The third kappa shape index (κ3) is 11.2. The molecule has 354 valence electrons. The molecule has 0 amide bonds. The minimum Gasteiger partial charge on any atom is -0.490 e. The molecule has 9 rings (SSSR count). The molecular weight excluding hydrogens is 883 g/mol. The second-order valence-corrected chi connectivity index (χ2v) is 16.0. The fourth-order valence-electron chi connectivity index (χ4n) is 7.75. The largest absolute Gasteiger partial charge is 0.490 e. The van der Waals surface area contributed by atoms with Gasteiger partial charge in [0, 0.05) is 51.6 Å². The molecule has 0 saturated heterocycles. The summed E-state index contributed by atoms with van der Waals surface area (Å²) in [5, 5.41) is 34.4. The van der Waals surface area contributed by atoms with Crippen LogP contribution in [0.15, 0.2) is 144 Å². The first-order valence-corrected chi connectivity index (χ1v) is 22.3. The van der Waals surface area contributed by atoms with Gasteiger partial charge in [-0.3, -0.25) is 30.3 Å². The number of nitro groups is 3. The van der Waals surface area contributed by atoms with Crippen LogP contribution >= 0.6 is 0 Å². The van der Waals surface area contributed by atoms with Gasteiger partial charge in [-0.15, -0.1) is 0 Å². The van der Waals surface area contributed by atoms with Crippen molar-refractivity contribution in [3.8, 4) is 34.5 Å². The fraction of sp³-hybridized carbons (Fsp3) is 0.222. The van der Waals surface area contributed by atoms with Gasteiger partial charge in [-0.2, -0.15) is 0 Å². The lowest BCUT2D eigenvalue weighted by Gasteiger charge is -2.24. The molecule has 15 nitrogen and oxygen atoms in total. The maximum Gasteiger partial charge on any atom is 0.291 e. The Hall–Kier alpha value is -8.46. The predicted molar refractivity (Wildman–Crippen MR) is 261 cm³/mol. The summed E-state index contributed by atoms with van der Waals surface area (Å²) in [6.45, 7) is 13.1. The van der Waals surface area contributed by atoms with Crippen LogP contribution in [0.4, 0.5) is 0 Å². The molecular formula is C54H51N3O12. The molecule has 15 heteroatoms. The molecule has 0 bridgehead atoms. The summed E-state index contributed by atoms with van der Waals surface area (Å²) < 4.78 is 34.7. The maximum atomic E-state index is 11.5. The van der Waals surface area contributed by atoms with E-state index in [1.807, 2.05) is 114 Å². The number of para-hydroxylation sites is 3. The molecule has 3 aliphatic heterocycles. The molecule has 0 N–H and O–H groups in total. The quantitative estimate of drug-likeness (QED) is 0.0836. The zero-order valence-electron chi connectivity index (χ0n) is 39.0. The summed E-state index contributed by atoms with van der Waals surface area (Å²) in [5.41, 5.74) is 7.55. The van der Waals surface area contributed by atoms with Gasteiger partial charge >= 0.3 is 0 Å². The highest BCUT2D eigenvalue weighted by Gasteiger charge is 2.37. The van der Waals surface area contributed by atoms with E-state index in [0.717, 1.165) is 33.4 Å². The average molecular weight is 934 g/mol. The third-order valence-electron chi connectivity index (χ3n) is 11.1. The Labute approximate surface area is 399 Å². The van der Waals surface area contributed by atoms with E-state index >= 15 is 0 Å². The lowest BCUT2D eigenvalue weighted by atomic mass is 10.00. The molecule has 3 atom stereocenters. The van der Waals surface area contributed by atoms with Gasteiger partial charge in [-0.1, -0.05) is 126 Å². The van der Waals surface area contributed by atoms with Gasteiger partial charge in [0.15, 0.2) is 34.5 Å². The summed E-state index contributed by atoms with van der Waals surface area (Å²) in [6.07, 6.45) is 2.43. The number of ether oxygens (including phenoxy) is 6. The van der Waals surface area contributed by atoms with Crippen LogP contribution in [0.1, 0.15) is 89.2 Å². The van der Waals surface area contributed by atoms with E-state index < -0.39 is 18.3 Å². The molecule has 6 aromatic rings. The molecule has 0 spiro atoms. The van der Waals surface area contributed by atoms with Crippen LogP contribution in [0, 0.1) is 51.1 Å². The fourth-order valence-corrected chi connectivity index (χ4v) is 7.75. The first-order chi connectivity index (χ1) is 33.3. The Kier molecular flexibility index (Phi) is 15.4. The highest BCUT2D eigenvalue weighted by Crippen LogP contribution is 2.45. The van der Waals surface area contributed by atoms with Gasteiger partial charge in [0.1, 0.15) is 0 Å². The summed E-state index contributed by atoms with van der Waals surface area (Å²) in [4.78, 5) is 33.2. The van der Waals surface area contributed by atoms with Crippen LogP contribution in [-0.2, 0) is 0 Å². The number of nitrogens with zero attached hydrogens (tertiary/aromatic N) is 3. The van der Waals surface area contributed by atoms with Gasteiger partial charge in [-0.25, -0.2) is 0 Å². The number of rotatable bonds is 12. The molecule has 0 radical (unpaired) electrons. The van der Waals surface area contributed by atoms with Crippen LogP contribution in [-0.4, -0.2) is 34.6 Å². The van der Waals surface area contributed by atoms with Crippen LogP contribution in [0.5, 0.6) is 34.5 Å². The summed E-state index contributed by atoms with van der Waals surface area (Å²) in [7, 11) is 0. The van der Waals surface area contributed by atoms with Crippen molar-refractivity contribution < 1.29 is 43.2 Å². The predicted octanol–water partition coefficient (Wildman–Crippen LogP) is 12.4. The van der Waals surface area contributed by atoms with Crippen molar-refractivity contribution in [2.45, 2.75) is 59.9 Å². The van der Waals surface area contributed by atoms with Crippen molar-refractivity contribution in [1.29, 1.82) is 0 Å². The number of hydrogen-bond donors (Lipinski definition) is 0. The van der Waals surface area contributed by atoms with E-state index in [2.05, 4.69) is 0 Å². The molecule has 0 aromatic heterocycles. The standard InChI is InChI=1S/3C18H17NO4/c3*1-3-22-16-6-4-5-14-11-15(19(20)21)17(23-18(14)16)13-9-7-12(2)8-10-13/h3*4-11,17H,3H2,1-2H3/t2*17-;/m10./s1. The number of aryl methyl sites for hydroxylation is 3. The SMILES string of the molecule is CCOc1cccc2c1OC(c1ccc(C)cc1)C([N+](=O)[O-])=C2.CCOc1cccc2c1O[C@@H](c1ccc(C)cc1)C([N+](=O)[O-])=C2.CCOc1cccc2c1O[C@H](c1ccc(C)cc1)C([N+](=O)[O-])=C2. The first-order valence-electron chi connectivity index (χ1n) is 22.3. The van der Waals surface area contributed by atoms with E-state index in [-0.39, 0.29) is 31.9 Å². The van der Waals surface area contributed by atoms with E-state index in [1.54, 1.807) is 72.8 Å². The average Bonchev–Trinajstić information content (AvgIpc) is 3.34. The molecule has 0 aliphatic carbocycles. The Morgan fingerprint density at radius 1 is 0.406 bits per heavy atom. The van der Waals surface area contributed by atoms with Crippen molar-refractivity contribution >= 4 is 18.2 Å². The van der Waals surface area contributed by atoms with Crippen LogP contribution in [0.3, 0.4) is 0 Å². The van der Waals surface area contributed by atoms with E-state index in [9.17, 15) is 30.3 Å². The number of fused-ring (bicyclic) bond motifs is 3. The first kappa shape index (κ1) is 48.5. The van der Waals surface area contributed by atoms with Gasteiger partial charge in [-0.05, 0) is 59.7 Å². The second kappa shape index (κ2) is 21.9. The summed E-state index contributed by atoms with van der Waals surface area (Å²) in [6, 6.07) is 38.8. The highest BCUT2D eigenvalue weighted by molar-refractivity contribution is 5.68. The van der Waals surface area contributed by atoms with Crippen molar-refractivity contribution in [2.75, 3.05) is 19.8 Å². The van der Waals surface area contributed by atoms with E-state index in [0.29, 0.717) is 71.0 Å². The monoisotopic (exact) mass is 933 g/mol. The lowest BCUT2D eigenvalue weighted by Crippen LogP contribution is -2.20. The maximum absolute atomic E-state index is 11.5. The van der Waals surface area contributed by atoms with Gasteiger partial charge in [0.25, 0.3) is 17.1 Å². The topological polar surface area (TPSA) is 185 Å². The molecule has 3 heterocycles. The zero-order valence-corrected chi connectivity index (χ0v) is 39.0. The summed E-state index contributed by atoms with van der Waals surface area (Å²) in [5.74, 6) is 3.43. The van der Waals surface area contributed by atoms with Gasteiger partial charge in [0.2, 0.25) is 18.3 Å². The summed E-state index contributed by atoms with van der Waals surface area (Å²) >= 11 is 0. The van der Waals surface area contributed by atoms with E-state index in [4.69, 9.17) is 28.4 Å².